The van der Waals surface area contributed by atoms with Gasteiger partial charge < -0.3 is 25.4 Å². The van der Waals surface area contributed by atoms with Gasteiger partial charge in [0.05, 0.1) is 12.5 Å². The van der Waals surface area contributed by atoms with Crippen molar-refractivity contribution in [3.05, 3.63) is 11.6 Å². The van der Waals surface area contributed by atoms with Crippen molar-refractivity contribution in [2.24, 2.45) is 28.6 Å². The Kier molecular flexibility index (Phi) is 9.40. The molecule has 0 saturated heterocycles. The third-order valence-electron chi connectivity index (χ3n) is 10.7. The zero-order chi connectivity index (χ0) is 30.2. The zero-order valence-corrected chi connectivity index (χ0v) is 25.0. The van der Waals surface area contributed by atoms with Crippen LogP contribution in [0.1, 0.15) is 78.1 Å². The van der Waals surface area contributed by atoms with E-state index in [1.165, 1.54) is 11.8 Å². The molecule has 0 unspecified atom stereocenters. The summed E-state index contributed by atoms with van der Waals surface area (Å²) < 4.78 is 5.15. The predicted molar refractivity (Wildman–Crippen MR) is 151 cm³/mol. The van der Waals surface area contributed by atoms with Gasteiger partial charge in [0.15, 0.2) is 12.4 Å². The molecule has 1 amide bonds. The average Bonchev–Trinajstić information content (AvgIpc) is 3.19. The molecule has 0 bridgehead atoms. The summed E-state index contributed by atoms with van der Waals surface area (Å²) in [4.78, 5) is 61.3. The van der Waals surface area contributed by atoms with E-state index in [9.17, 15) is 39.3 Å². The standard InChI is InChI=1S/C30H43NO9S/c1-28-11-8-18(32)14-17(28)4-5-19-20-9-12-30(39,29(20,2)15-22(33)26(19)28)23(34)16-40-25(36)7-6-24(35)31-21(27(37)38)10-13-41-3/h14,19-22,26,33,39H,4-13,15-16H2,1-3H3,(H,31,35)(H,37,38)/t19-,20-,21-,22-,26+,28-,29-,30-/m0/s1. The number of hydrogen-bond acceptors (Lipinski definition) is 9. The molecule has 228 valence electrons. The van der Waals surface area contributed by atoms with Gasteiger partial charge in [0, 0.05) is 18.3 Å². The van der Waals surface area contributed by atoms with Gasteiger partial charge in [-0.25, -0.2) is 4.79 Å². The third kappa shape index (κ3) is 5.86. The molecule has 0 spiro atoms. The summed E-state index contributed by atoms with van der Waals surface area (Å²) in [7, 11) is 0. The van der Waals surface area contributed by atoms with E-state index >= 15 is 0 Å². The summed E-state index contributed by atoms with van der Waals surface area (Å²) in [6.45, 7) is 3.37. The fourth-order valence-electron chi connectivity index (χ4n) is 8.46. The number of Topliss-reactive ketones (excluding diaryl/α,β-unsaturated/α-hetero) is 1. The topological polar surface area (TPSA) is 167 Å². The second-order valence-electron chi connectivity index (χ2n) is 12.8. The molecule has 4 aliphatic carbocycles. The number of thioether (sulfide) groups is 1. The Labute approximate surface area is 245 Å². The Balaban J connectivity index is 1.35. The predicted octanol–water partition coefficient (Wildman–Crippen LogP) is 2.44. The number of carboxylic acids is 1. The van der Waals surface area contributed by atoms with Crippen LogP contribution >= 0.6 is 11.8 Å². The van der Waals surface area contributed by atoms with E-state index in [-0.39, 0.29) is 61.1 Å². The van der Waals surface area contributed by atoms with Crippen LogP contribution < -0.4 is 5.32 Å². The van der Waals surface area contributed by atoms with Crippen molar-refractivity contribution in [1.82, 2.24) is 5.32 Å². The molecule has 4 rings (SSSR count). The highest BCUT2D eigenvalue weighted by Gasteiger charge is 2.68. The molecule has 0 aromatic carbocycles. The second kappa shape index (κ2) is 12.2. The Bertz CT molecular complexity index is 1120. The van der Waals surface area contributed by atoms with E-state index in [0.29, 0.717) is 25.0 Å². The first-order chi connectivity index (χ1) is 19.3. The van der Waals surface area contributed by atoms with Crippen LogP contribution in [0, 0.1) is 28.6 Å². The van der Waals surface area contributed by atoms with Crippen LogP contribution in [0.25, 0.3) is 0 Å². The summed E-state index contributed by atoms with van der Waals surface area (Å²) in [5, 5.41) is 34.9. The number of carboxylic acid groups (broad SMARTS) is 1. The Morgan fingerprint density at radius 1 is 1.15 bits per heavy atom. The van der Waals surface area contributed by atoms with Gasteiger partial charge in [0.25, 0.3) is 0 Å². The van der Waals surface area contributed by atoms with Gasteiger partial charge in [0.2, 0.25) is 11.7 Å². The number of amides is 1. The number of aliphatic hydroxyl groups is 2. The molecular weight excluding hydrogens is 550 g/mol. The van der Waals surface area contributed by atoms with Crippen LogP contribution in [0.4, 0.5) is 0 Å². The number of nitrogens with one attached hydrogen (secondary N) is 1. The Morgan fingerprint density at radius 2 is 1.88 bits per heavy atom. The molecule has 4 N–H and O–H groups in total. The number of ether oxygens (including phenoxy) is 1. The van der Waals surface area contributed by atoms with Crippen molar-refractivity contribution in [1.29, 1.82) is 0 Å². The zero-order valence-electron chi connectivity index (χ0n) is 24.1. The van der Waals surface area contributed by atoms with Crippen molar-refractivity contribution < 1.29 is 44.0 Å². The highest BCUT2D eigenvalue weighted by molar-refractivity contribution is 7.98. The minimum atomic E-state index is -1.76. The molecule has 0 aromatic rings. The summed E-state index contributed by atoms with van der Waals surface area (Å²) in [5.74, 6) is -2.39. The third-order valence-corrected chi connectivity index (χ3v) is 11.3. The minimum absolute atomic E-state index is 0.00791. The van der Waals surface area contributed by atoms with Crippen LogP contribution in [0.5, 0.6) is 0 Å². The van der Waals surface area contributed by atoms with Crippen LogP contribution in [-0.2, 0) is 28.7 Å². The van der Waals surface area contributed by atoms with Gasteiger partial charge in [-0.1, -0.05) is 19.4 Å². The van der Waals surface area contributed by atoms with E-state index in [1.54, 1.807) is 6.08 Å². The molecule has 11 heteroatoms. The molecule has 4 aliphatic rings. The SMILES string of the molecule is CSCC[C@H](NC(=O)CCC(=O)OCC(=O)[C@@]1(O)CC[C@H]2[C@@H]3CCC4=CC(=O)CC[C@]4(C)[C@H]3[C@@H](O)C[C@@]21C)C(=O)O. The molecule has 3 saturated carbocycles. The summed E-state index contributed by atoms with van der Waals surface area (Å²) in [5.41, 5.74) is -1.81. The number of rotatable bonds is 11. The summed E-state index contributed by atoms with van der Waals surface area (Å²) in [6.07, 6.45) is 6.30. The minimum Gasteiger partial charge on any atom is -0.480 e. The monoisotopic (exact) mass is 593 g/mol. The summed E-state index contributed by atoms with van der Waals surface area (Å²) in [6, 6.07) is -1.04. The number of hydrogen-bond donors (Lipinski definition) is 4. The van der Waals surface area contributed by atoms with Gasteiger partial charge >= 0.3 is 11.9 Å². The van der Waals surface area contributed by atoms with Crippen molar-refractivity contribution in [3.8, 4) is 0 Å². The maximum absolute atomic E-state index is 13.4. The lowest BCUT2D eigenvalue weighted by Gasteiger charge is -2.60. The van der Waals surface area contributed by atoms with Crippen molar-refractivity contribution in [2.75, 3.05) is 18.6 Å². The van der Waals surface area contributed by atoms with Gasteiger partial charge in [-0.2, -0.15) is 11.8 Å². The first-order valence-corrected chi connectivity index (χ1v) is 16.0. The van der Waals surface area contributed by atoms with E-state index in [0.717, 1.165) is 18.4 Å². The van der Waals surface area contributed by atoms with Gasteiger partial charge in [-0.3, -0.25) is 19.2 Å². The summed E-state index contributed by atoms with van der Waals surface area (Å²) >= 11 is 1.46. The first-order valence-electron chi connectivity index (χ1n) is 14.6. The molecule has 8 atom stereocenters. The highest BCUT2D eigenvalue weighted by atomic mass is 32.2. The van der Waals surface area contributed by atoms with Crippen LogP contribution in [-0.4, -0.2) is 81.1 Å². The van der Waals surface area contributed by atoms with Crippen LogP contribution in [0.3, 0.4) is 0 Å². The lowest BCUT2D eigenvalue weighted by Crippen LogP contribution is -2.62. The maximum atomic E-state index is 13.4. The van der Waals surface area contributed by atoms with Crippen LogP contribution in [0.15, 0.2) is 11.6 Å². The van der Waals surface area contributed by atoms with E-state index < -0.39 is 53.4 Å². The number of ketones is 2. The number of esters is 1. The largest absolute Gasteiger partial charge is 0.480 e. The van der Waals surface area contributed by atoms with Crippen molar-refractivity contribution in [2.45, 2.75) is 95.8 Å². The number of aliphatic hydroxyl groups excluding tert-OH is 1. The second-order valence-corrected chi connectivity index (χ2v) is 13.8. The average molecular weight is 594 g/mol. The number of carbonyl (C=O) groups is 5. The first kappa shape index (κ1) is 31.7. The molecule has 10 nitrogen and oxygen atoms in total. The number of aliphatic carboxylic acids is 1. The molecule has 41 heavy (non-hydrogen) atoms. The molecule has 3 fully saturated rings. The Hall–Kier alpha value is -2.24. The molecule has 0 aliphatic heterocycles. The van der Waals surface area contributed by atoms with Crippen molar-refractivity contribution in [3.63, 3.8) is 0 Å². The molecule has 0 radical (unpaired) electrons. The lowest BCUT2D eigenvalue weighted by atomic mass is 9.45. The fourth-order valence-corrected chi connectivity index (χ4v) is 8.93. The van der Waals surface area contributed by atoms with E-state index in [2.05, 4.69) is 12.2 Å². The number of fused-ring (bicyclic) bond motifs is 5. The molecule has 0 aromatic heterocycles. The highest BCUT2D eigenvalue weighted by Crippen LogP contribution is 2.67. The van der Waals surface area contributed by atoms with Crippen molar-refractivity contribution >= 4 is 41.2 Å². The quantitative estimate of drug-likeness (QED) is 0.261. The maximum Gasteiger partial charge on any atom is 0.326 e. The van der Waals surface area contributed by atoms with Crippen LogP contribution in [0.2, 0.25) is 0 Å². The van der Waals surface area contributed by atoms with E-state index in [4.69, 9.17) is 4.74 Å². The number of carbonyl (C=O) groups excluding carboxylic acids is 4. The smallest absolute Gasteiger partial charge is 0.326 e. The lowest BCUT2D eigenvalue weighted by molar-refractivity contribution is -0.184. The Morgan fingerprint density at radius 3 is 2.56 bits per heavy atom. The fraction of sp³-hybridized carbons (Fsp3) is 0.767. The number of allylic oxidation sites excluding steroid dienone is 1. The molecule has 0 heterocycles. The van der Waals surface area contributed by atoms with E-state index in [1.807, 2.05) is 13.2 Å². The van der Waals surface area contributed by atoms with Gasteiger partial charge in [0.1, 0.15) is 11.6 Å². The van der Waals surface area contributed by atoms with Gasteiger partial charge in [-0.15, -0.1) is 0 Å². The van der Waals surface area contributed by atoms with Gasteiger partial charge in [-0.05, 0) is 86.2 Å². The normalized spacial score (nSPS) is 36.7. The molecular formula is C30H43NO9S.